The highest BCUT2D eigenvalue weighted by Gasteiger charge is 2.23. The highest BCUT2D eigenvalue weighted by molar-refractivity contribution is 5.87. The summed E-state index contributed by atoms with van der Waals surface area (Å²) in [6.45, 7) is 19.9. The predicted octanol–water partition coefficient (Wildman–Crippen LogP) is 5.40. The topological polar surface area (TPSA) is 81.1 Å². The van der Waals surface area contributed by atoms with E-state index in [1.807, 2.05) is 36.7 Å². The molecule has 0 fully saturated rings. The minimum Gasteiger partial charge on any atom is -0.349 e. The maximum atomic E-state index is 13.5. The third-order valence-electron chi connectivity index (χ3n) is 6.56. The van der Waals surface area contributed by atoms with E-state index in [2.05, 4.69) is 53.4 Å². The zero-order valence-electron chi connectivity index (χ0n) is 21.4. The molecule has 0 unspecified atom stereocenters. The van der Waals surface area contributed by atoms with Crippen molar-refractivity contribution in [2.45, 2.75) is 59.0 Å². The summed E-state index contributed by atoms with van der Waals surface area (Å²) in [4.78, 5) is 26.6. The normalized spacial score (nSPS) is 13.6. The molecule has 0 saturated carbocycles. The van der Waals surface area contributed by atoms with Gasteiger partial charge in [-0.25, -0.2) is 19.2 Å². The van der Waals surface area contributed by atoms with Crippen LogP contribution >= 0.6 is 0 Å². The Morgan fingerprint density at radius 1 is 1.14 bits per heavy atom. The molecule has 0 atom stereocenters. The van der Waals surface area contributed by atoms with Crippen LogP contribution in [0, 0.1) is 6.57 Å². The van der Waals surface area contributed by atoms with E-state index in [1.165, 1.54) is 11.1 Å². The van der Waals surface area contributed by atoms with Gasteiger partial charge < -0.3 is 10.6 Å². The van der Waals surface area contributed by atoms with Crippen molar-refractivity contribution in [3.8, 4) is 5.69 Å². The average Bonchev–Trinajstić information content (AvgIpc) is 3.14. The van der Waals surface area contributed by atoms with Crippen molar-refractivity contribution in [1.82, 2.24) is 24.6 Å². The van der Waals surface area contributed by atoms with Gasteiger partial charge in [0.05, 0.1) is 17.6 Å². The van der Waals surface area contributed by atoms with E-state index in [4.69, 9.17) is 11.6 Å². The van der Waals surface area contributed by atoms with E-state index < -0.39 is 0 Å². The second-order valence-electron chi connectivity index (χ2n) is 10.6. The van der Waals surface area contributed by atoms with E-state index >= 15 is 0 Å². The number of benzene rings is 1. The summed E-state index contributed by atoms with van der Waals surface area (Å²) < 4.78 is 3.56. The van der Waals surface area contributed by atoms with E-state index in [0.29, 0.717) is 22.5 Å². The lowest BCUT2D eigenvalue weighted by Gasteiger charge is -2.20. The summed E-state index contributed by atoms with van der Waals surface area (Å²) >= 11 is 0. The molecule has 36 heavy (non-hydrogen) atoms. The van der Waals surface area contributed by atoms with Crippen LogP contribution in [-0.4, -0.2) is 25.9 Å². The van der Waals surface area contributed by atoms with E-state index in [9.17, 15) is 4.79 Å². The molecule has 184 valence electrons. The van der Waals surface area contributed by atoms with Crippen molar-refractivity contribution < 1.29 is 0 Å². The zero-order valence-corrected chi connectivity index (χ0v) is 21.4. The van der Waals surface area contributed by atoms with E-state index in [-0.39, 0.29) is 17.0 Å². The van der Waals surface area contributed by atoms with Gasteiger partial charge >= 0.3 is 0 Å². The molecule has 4 aromatic rings. The monoisotopic (exact) mass is 481 g/mol. The maximum absolute atomic E-state index is 13.5. The molecule has 0 saturated heterocycles. The van der Waals surface area contributed by atoms with Crippen LogP contribution in [0.25, 0.3) is 21.6 Å². The van der Waals surface area contributed by atoms with Crippen molar-refractivity contribution in [2.75, 3.05) is 11.9 Å². The number of anilines is 2. The van der Waals surface area contributed by atoms with Gasteiger partial charge in [-0.1, -0.05) is 26.8 Å². The van der Waals surface area contributed by atoms with Crippen LogP contribution in [0.5, 0.6) is 0 Å². The van der Waals surface area contributed by atoms with Gasteiger partial charge in [0.2, 0.25) is 5.69 Å². The van der Waals surface area contributed by atoms with Crippen molar-refractivity contribution >= 4 is 28.2 Å². The highest BCUT2D eigenvalue weighted by atomic mass is 16.1. The second kappa shape index (κ2) is 8.92. The standard InChI is InChI=1S/C28H31N7O/c1-17(2)34-27(36)22-15-23(29-6)25(32-20-8-7-19-16-30-11-9-18(19)13-20)33-26(22)35(34)21-10-12-31-24(14-21)28(3,4)5/h7-8,10,12-15,17,30H,9,11,16H2,1-5H3,(H,32,33). The van der Waals surface area contributed by atoms with Crippen LogP contribution in [-0.2, 0) is 18.4 Å². The fourth-order valence-corrected chi connectivity index (χ4v) is 4.67. The maximum Gasteiger partial charge on any atom is 0.275 e. The Labute approximate surface area is 210 Å². The Morgan fingerprint density at radius 2 is 1.94 bits per heavy atom. The summed E-state index contributed by atoms with van der Waals surface area (Å²) in [7, 11) is 0. The molecule has 5 rings (SSSR count). The lowest BCUT2D eigenvalue weighted by Crippen LogP contribution is -2.24. The Kier molecular flexibility index (Phi) is 5.89. The molecular formula is C28H31N7O. The Balaban J connectivity index is 1.70. The van der Waals surface area contributed by atoms with Crippen LogP contribution in [0.2, 0.25) is 0 Å². The molecule has 3 aromatic heterocycles. The van der Waals surface area contributed by atoms with Crippen LogP contribution < -0.4 is 16.2 Å². The van der Waals surface area contributed by atoms with Gasteiger partial charge in [-0.3, -0.25) is 9.78 Å². The third kappa shape index (κ3) is 4.16. The fourth-order valence-electron chi connectivity index (χ4n) is 4.67. The number of nitrogens with zero attached hydrogens (tertiary/aromatic N) is 5. The number of hydrogen-bond donors (Lipinski definition) is 2. The molecular weight excluding hydrogens is 450 g/mol. The lowest BCUT2D eigenvalue weighted by atomic mass is 9.91. The van der Waals surface area contributed by atoms with Crippen LogP contribution in [0.1, 0.15) is 57.5 Å². The van der Waals surface area contributed by atoms with Gasteiger partial charge in [-0.2, -0.15) is 0 Å². The van der Waals surface area contributed by atoms with Gasteiger partial charge in [-0.15, -0.1) is 0 Å². The first-order chi connectivity index (χ1) is 17.2. The molecule has 1 aromatic carbocycles. The van der Waals surface area contributed by atoms with Crippen molar-refractivity contribution in [2.24, 2.45) is 0 Å². The Bertz CT molecular complexity index is 1560. The molecule has 0 aliphatic carbocycles. The van der Waals surface area contributed by atoms with Crippen LogP contribution in [0.4, 0.5) is 17.2 Å². The van der Waals surface area contributed by atoms with Crippen LogP contribution in [0.15, 0.2) is 47.4 Å². The summed E-state index contributed by atoms with van der Waals surface area (Å²) in [6, 6.07) is 11.7. The molecule has 8 heteroatoms. The minimum atomic E-state index is -0.167. The molecule has 0 amide bonds. The van der Waals surface area contributed by atoms with Gasteiger partial charge in [0, 0.05) is 35.6 Å². The number of fused-ring (bicyclic) bond motifs is 2. The summed E-state index contributed by atoms with van der Waals surface area (Å²) in [5.74, 6) is 0.436. The lowest BCUT2D eigenvalue weighted by molar-refractivity contribution is 0.474. The molecule has 0 spiro atoms. The molecule has 1 aliphatic heterocycles. The van der Waals surface area contributed by atoms with Crippen molar-refractivity contribution in [1.29, 1.82) is 0 Å². The van der Waals surface area contributed by atoms with Gasteiger partial charge in [0.15, 0.2) is 5.65 Å². The second-order valence-corrected chi connectivity index (χ2v) is 10.6. The van der Waals surface area contributed by atoms with Crippen molar-refractivity contribution in [3.05, 3.63) is 81.2 Å². The van der Waals surface area contributed by atoms with Crippen LogP contribution in [0.3, 0.4) is 0 Å². The SMILES string of the molecule is [C-]#[N+]c1cc2c(=O)n(C(C)C)n(-c3ccnc(C(C)(C)C)c3)c2nc1Nc1ccc2c(c1)CCNC2. The van der Waals surface area contributed by atoms with E-state index in [0.717, 1.165) is 36.6 Å². The first-order valence-corrected chi connectivity index (χ1v) is 12.3. The van der Waals surface area contributed by atoms with Gasteiger partial charge in [0.25, 0.3) is 5.56 Å². The largest absolute Gasteiger partial charge is 0.349 e. The quantitative estimate of drug-likeness (QED) is 0.382. The van der Waals surface area contributed by atoms with E-state index in [1.54, 1.807) is 16.9 Å². The average molecular weight is 482 g/mol. The number of nitrogens with one attached hydrogen (secondary N) is 2. The Morgan fingerprint density at radius 3 is 2.67 bits per heavy atom. The molecule has 2 N–H and O–H groups in total. The third-order valence-corrected chi connectivity index (χ3v) is 6.56. The first kappa shape index (κ1) is 23.8. The number of aromatic nitrogens is 4. The number of rotatable bonds is 4. The zero-order chi connectivity index (χ0) is 25.6. The number of pyridine rings is 2. The summed E-state index contributed by atoms with van der Waals surface area (Å²) in [6.07, 6.45) is 2.73. The minimum absolute atomic E-state index is 0.111. The van der Waals surface area contributed by atoms with Gasteiger partial charge in [-0.05, 0) is 68.3 Å². The fraction of sp³-hybridized carbons (Fsp3) is 0.357. The number of hydrogen-bond acceptors (Lipinski definition) is 5. The van der Waals surface area contributed by atoms with Gasteiger partial charge in [0.1, 0.15) is 5.82 Å². The molecule has 1 aliphatic rings. The molecule has 4 heterocycles. The predicted molar refractivity (Wildman–Crippen MR) is 144 cm³/mol. The summed E-state index contributed by atoms with van der Waals surface area (Å²) in [5, 5.41) is 7.17. The smallest absolute Gasteiger partial charge is 0.275 e. The van der Waals surface area contributed by atoms with Crippen molar-refractivity contribution in [3.63, 3.8) is 0 Å². The Hall–Kier alpha value is -3.96. The summed E-state index contributed by atoms with van der Waals surface area (Å²) in [5.41, 5.74) is 5.70. The highest BCUT2D eigenvalue weighted by Crippen LogP contribution is 2.32. The molecule has 0 bridgehead atoms. The first-order valence-electron chi connectivity index (χ1n) is 12.3. The molecule has 8 nitrogen and oxygen atoms in total. The molecule has 0 radical (unpaired) electrons.